The Labute approximate surface area is 79.1 Å². The fourth-order valence-corrected chi connectivity index (χ4v) is 1.12. The van der Waals surface area contributed by atoms with E-state index in [1.807, 2.05) is 30.3 Å². The third kappa shape index (κ3) is 2.86. The average Bonchev–Trinajstić information content (AvgIpc) is 2.15. The van der Waals surface area contributed by atoms with Gasteiger partial charge in [0.25, 0.3) is 0 Å². The molecule has 1 aromatic rings. The van der Waals surface area contributed by atoms with Crippen LogP contribution in [0.1, 0.15) is 36.2 Å². The topological polar surface area (TPSA) is 17.1 Å². The Hall–Kier alpha value is -1.37. The Bertz CT molecular complexity index is 324. The van der Waals surface area contributed by atoms with E-state index < -0.39 is 0 Å². The molecule has 0 saturated carbocycles. The lowest BCUT2D eigenvalue weighted by atomic mass is 10.1. The van der Waals surface area contributed by atoms with E-state index in [2.05, 4.69) is 13.0 Å². The molecule has 1 aromatic carbocycles. The molecule has 0 saturated heterocycles. The molecular formula is C12H14O. The first-order chi connectivity index (χ1) is 6.24. The van der Waals surface area contributed by atoms with E-state index in [1.165, 1.54) is 0 Å². The summed E-state index contributed by atoms with van der Waals surface area (Å²) in [5, 5.41) is 0. The minimum Gasteiger partial charge on any atom is -0.295 e. The molecule has 1 rings (SSSR count). The zero-order valence-corrected chi connectivity index (χ0v) is 8.08. The summed E-state index contributed by atoms with van der Waals surface area (Å²) in [6.07, 6.45) is 5.13. The molecule has 0 bridgehead atoms. The van der Waals surface area contributed by atoms with E-state index in [9.17, 15) is 4.79 Å². The smallest absolute Gasteiger partial charge is 0.159 e. The number of carbonyl (C=O) groups excluding carboxylic acids is 1. The van der Waals surface area contributed by atoms with Crippen molar-refractivity contribution < 1.29 is 4.79 Å². The number of benzene rings is 1. The van der Waals surface area contributed by atoms with Crippen LogP contribution in [-0.2, 0) is 0 Å². The summed E-state index contributed by atoms with van der Waals surface area (Å²) in [5.74, 6) is 0.117. The van der Waals surface area contributed by atoms with E-state index >= 15 is 0 Å². The highest BCUT2D eigenvalue weighted by atomic mass is 16.1. The van der Waals surface area contributed by atoms with Gasteiger partial charge < -0.3 is 0 Å². The summed E-state index contributed by atoms with van der Waals surface area (Å²) in [7, 11) is 0. The molecule has 1 heteroatoms. The van der Waals surface area contributed by atoms with Crippen LogP contribution in [-0.4, -0.2) is 5.78 Å². The van der Waals surface area contributed by atoms with Crippen LogP contribution in [0.3, 0.4) is 0 Å². The molecule has 68 valence electrons. The van der Waals surface area contributed by atoms with Crippen LogP contribution in [0.25, 0.3) is 6.08 Å². The second-order valence-corrected chi connectivity index (χ2v) is 2.99. The first kappa shape index (κ1) is 9.72. The van der Waals surface area contributed by atoms with E-state index in [-0.39, 0.29) is 5.78 Å². The Morgan fingerprint density at radius 2 is 2.23 bits per heavy atom. The fraction of sp³-hybridized carbons (Fsp3) is 0.250. The SMILES string of the molecule is CCC=Cc1cccc(C(C)=O)c1. The van der Waals surface area contributed by atoms with Crippen LogP contribution >= 0.6 is 0 Å². The van der Waals surface area contributed by atoms with Crippen LogP contribution in [0.2, 0.25) is 0 Å². The molecule has 0 atom stereocenters. The summed E-state index contributed by atoms with van der Waals surface area (Å²) in [4.78, 5) is 11.0. The predicted octanol–water partition coefficient (Wildman–Crippen LogP) is 3.31. The van der Waals surface area contributed by atoms with Gasteiger partial charge in [0.2, 0.25) is 0 Å². The highest BCUT2D eigenvalue weighted by Gasteiger charge is 1.97. The van der Waals surface area contributed by atoms with E-state index in [1.54, 1.807) is 6.92 Å². The zero-order valence-electron chi connectivity index (χ0n) is 8.08. The van der Waals surface area contributed by atoms with E-state index in [0.29, 0.717) is 0 Å². The van der Waals surface area contributed by atoms with Crippen molar-refractivity contribution in [2.45, 2.75) is 20.3 Å². The minimum absolute atomic E-state index is 0.117. The van der Waals surface area contributed by atoms with Crippen molar-refractivity contribution in [3.8, 4) is 0 Å². The molecule has 0 unspecified atom stereocenters. The standard InChI is InChI=1S/C12H14O/c1-3-4-6-11-7-5-8-12(9-11)10(2)13/h4-9H,3H2,1-2H3. The van der Waals surface area contributed by atoms with Crippen molar-refractivity contribution in [2.75, 3.05) is 0 Å². The average molecular weight is 174 g/mol. The summed E-state index contributed by atoms with van der Waals surface area (Å²) in [5.41, 5.74) is 1.87. The molecule has 0 aliphatic heterocycles. The maximum Gasteiger partial charge on any atom is 0.159 e. The van der Waals surface area contributed by atoms with Gasteiger partial charge in [-0.05, 0) is 25.0 Å². The minimum atomic E-state index is 0.117. The lowest BCUT2D eigenvalue weighted by Gasteiger charge is -1.96. The number of Topliss-reactive ketones (excluding diaryl/α,β-unsaturated/α-hetero) is 1. The molecule has 0 fully saturated rings. The second kappa shape index (κ2) is 4.61. The zero-order chi connectivity index (χ0) is 9.68. The number of carbonyl (C=O) groups is 1. The summed E-state index contributed by atoms with van der Waals surface area (Å²) in [6, 6.07) is 7.66. The lowest BCUT2D eigenvalue weighted by molar-refractivity contribution is 0.101. The molecule has 0 aliphatic rings. The van der Waals surface area contributed by atoms with Crippen LogP contribution in [0.4, 0.5) is 0 Å². The van der Waals surface area contributed by atoms with Gasteiger partial charge >= 0.3 is 0 Å². The number of ketones is 1. The molecule has 0 amide bonds. The van der Waals surface area contributed by atoms with Gasteiger partial charge in [0.1, 0.15) is 0 Å². The van der Waals surface area contributed by atoms with Gasteiger partial charge in [0, 0.05) is 5.56 Å². The normalized spacial score (nSPS) is 10.6. The molecule has 0 N–H and O–H groups in total. The molecule has 0 heterocycles. The number of hydrogen-bond donors (Lipinski definition) is 0. The second-order valence-electron chi connectivity index (χ2n) is 2.99. The fourth-order valence-electron chi connectivity index (χ4n) is 1.12. The monoisotopic (exact) mass is 174 g/mol. The maximum absolute atomic E-state index is 11.0. The first-order valence-electron chi connectivity index (χ1n) is 4.51. The summed E-state index contributed by atoms with van der Waals surface area (Å²) < 4.78 is 0. The van der Waals surface area contributed by atoms with E-state index in [4.69, 9.17) is 0 Å². The molecule has 0 spiro atoms. The molecule has 13 heavy (non-hydrogen) atoms. The highest BCUT2D eigenvalue weighted by molar-refractivity contribution is 5.94. The van der Waals surface area contributed by atoms with Crippen LogP contribution in [0, 0.1) is 0 Å². The van der Waals surface area contributed by atoms with Gasteiger partial charge in [-0.1, -0.05) is 37.3 Å². The Morgan fingerprint density at radius 1 is 1.46 bits per heavy atom. The van der Waals surface area contributed by atoms with Gasteiger partial charge in [0.15, 0.2) is 5.78 Å². The van der Waals surface area contributed by atoms with Gasteiger partial charge in [-0.3, -0.25) is 4.79 Å². The van der Waals surface area contributed by atoms with Crippen LogP contribution in [0.5, 0.6) is 0 Å². The third-order valence-corrected chi connectivity index (χ3v) is 1.84. The van der Waals surface area contributed by atoms with Crippen molar-refractivity contribution in [1.82, 2.24) is 0 Å². The Balaban J connectivity index is 2.92. The maximum atomic E-state index is 11.0. The van der Waals surface area contributed by atoms with Gasteiger partial charge in [0.05, 0.1) is 0 Å². The van der Waals surface area contributed by atoms with Crippen molar-refractivity contribution in [2.24, 2.45) is 0 Å². The quantitative estimate of drug-likeness (QED) is 0.642. The van der Waals surface area contributed by atoms with Crippen LogP contribution in [0.15, 0.2) is 30.3 Å². The Kier molecular flexibility index (Phi) is 3.44. The van der Waals surface area contributed by atoms with Gasteiger partial charge in [-0.25, -0.2) is 0 Å². The lowest BCUT2D eigenvalue weighted by Crippen LogP contribution is -1.91. The first-order valence-corrected chi connectivity index (χ1v) is 4.51. The third-order valence-electron chi connectivity index (χ3n) is 1.84. The largest absolute Gasteiger partial charge is 0.295 e. The molecule has 0 aliphatic carbocycles. The number of hydrogen-bond acceptors (Lipinski definition) is 1. The Morgan fingerprint density at radius 3 is 2.85 bits per heavy atom. The molecule has 1 nitrogen and oxygen atoms in total. The summed E-state index contributed by atoms with van der Waals surface area (Å²) in [6.45, 7) is 3.67. The molecular weight excluding hydrogens is 160 g/mol. The predicted molar refractivity (Wildman–Crippen MR) is 55.8 cm³/mol. The number of allylic oxidation sites excluding steroid dienone is 1. The van der Waals surface area contributed by atoms with Gasteiger partial charge in [-0.15, -0.1) is 0 Å². The van der Waals surface area contributed by atoms with Crippen molar-refractivity contribution in [3.63, 3.8) is 0 Å². The van der Waals surface area contributed by atoms with Crippen molar-refractivity contribution >= 4 is 11.9 Å². The van der Waals surface area contributed by atoms with Gasteiger partial charge in [-0.2, -0.15) is 0 Å². The van der Waals surface area contributed by atoms with Crippen molar-refractivity contribution in [1.29, 1.82) is 0 Å². The highest BCUT2D eigenvalue weighted by Crippen LogP contribution is 2.07. The molecule has 0 radical (unpaired) electrons. The summed E-state index contributed by atoms with van der Waals surface area (Å²) >= 11 is 0. The number of rotatable bonds is 3. The van der Waals surface area contributed by atoms with E-state index in [0.717, 1.165) is 17.5 Å². The van der Waals surface area contributed by atoms with Crippen LogP contribution < -0.4 is 0 Å². The molecule has 0 aromatic heterocycles. The van der Waals surface area contributed by atoms with Crippen molar-refractivity contribution in [3.05, 3.63) is 41.5 Å².